The van der Waals surface area contributed by atoms with Gasteiger partial charge in [0.15, 0.2) is 0 Å². The molecule has 0 aliphatic rings. The second-order valence-electron chi connectivity index (χ2n) is 4.92. The van der Waals surface area contributed by atoms with E-state index in [4.69, 9.17) is 0 Å². The fourth-order valence-electron chi connectivity index (χ4n) is 2.30. The van der Waals surface area contributed by atoms with Crippen molar-refractivity contribution in [1.29, 1.82) is 0 Å². The van der Waals surface area contributed by atoms with Crippen LogP contribution in [0, 0.1) is 5.82 Å². The number of aryl methyl sites for hydroxylation is 2. The van der Waals surface area contributed by atoms with Crippen LogP contribution in [0.25, 0.3) is 0 Å². The molecule has 1 aromatic heterocycles. The second-order valence-corrected chi connectivity index (χ2v) is 4.92. The molecule has 0 fully saturated rings. The first-order chi connectivity index (χ1) is 9.65. The molecular weight excluding hydrogens is 253 g/mol. The Balaban J connectivity index is 2.05. The Morgan fingerprint density at radius 2 is 2.05 bits per heavy atom. The Morgan fingerprint density at radius 3 is 2.70 bits per heavy atom. The fraction of sp³-hybridized carbons (Fsp3) is 0.438. The molecule has 0 amide bonds. The zero-order valence-electron chi connectivity index (χ0n) is 12.4. The Hall–Kier alpha value is -1.68. The minimum atomic E-state index is -0.161. The highest BCUT2D eigenvalue weighted by Gasteiger charge is 2.11. The average molecular weight is 275 g/mol. The van der Waals surface area contributed by atoms with E-state index in [0.29, 0.717) is 12.1 Å². The molecule has 2 aromatic rings. The summed E-state index contributed by atoms with van der Waals surface area (Å²) in [6.45, 7) is 7.70. The fourth-order valence-corrected chi connectivity index (χ4v) is 2.30. The molecule has 1 aromatic carbocycles. The summed E-state index contributed by atoms with van der Waals surface area (Å²) in [5.41, 5.74) is 2.94. The number of hydrogen-bond acceptors (Lipinski definition) is 2. The molecule has 0 radical (unpaired) electrons. The summed E-state index contributed by atoms with van der Waals surface area (Å²) in [4.78, 5) is 0. The number of hydrogen-bond donors (Lipinski definition) is 1. The van der Waals surface area contributed by atoms with Crippen LogP contribution in [0.3, 0.4) is 0 Å². The molecule has 0 spiro atoms. The van der Waals surface area contributed by atoms with Crippen LogP contribution >= 0.6 is 0 Å². The van der Waals surface area contributed by atoms with Crippen LogP contribution in [-0.4, -0.2) is 9.78 Å². The van der Waals surface area contributed by atoms with Crippen LogP contribution in [0.2, 0.25) is 0 Å². The van der Waals surface area contributed by atoms with Gasteiger partial charge >= 0.3 is 0 Å². The molecule has 1 heterocycles. The molecule has 3 nitrogen and oxygen atoms in total. The maximum absolute atomic E-state index is 13.7. The lowest BCUT2D eigenvalue weighted by Gasteiger charge is -2.15. The highest BCUT2D eigenvalue weighted by atomic mass is 19.1. The second kappa shape index (κ2) is 6.66. The maximum Gasteiger partial charge on any atom is 0.127 e. The highest BCUT2D eigenvalue weighted by molar-refractivity contribution is 5.21. The van der Waals surface area contributed by atoms with E-state index in [1.54, 1.807) is 6.07 Å². The van der Waals surface area contributed by atoms with E-state index >= 15 is 0 Å². The maximum atomic E-state index is 13.7. The first-order valence-electron chi connectivity index (χ1n) is 7.19. The van der Waals surface area contributed by atoms with Gasteiger partial charge in [-0.15, -0.1) is 0 Å². The summed E-state index contributed by atoms with van der Waals surface area (Å²) in [7, 11) is 0. The van der Waals surface area contributed by atoms with E-state index in [2.05, 4.69) is 30.3 Å². The Labute approximate surface area is 119 Å². The van der Waals surface area contributed by atoms with Gasteiger partial charge in [-0.3, -0.25) is 4.68 Å². The normalized spacial score (nSPS) is 12.6. The van der Waals surface area contributed by atoms with E-state index in [0.717, 1.165) is 24.4 Å². The molecule has 4 heteroatoms. The first-order valence-corrected chi connectivity index (χ1v) is 7.19. The first kappa shape index (κ1) is 14.7. The van der Waals surface area contributed by atoms with Gasteiger partial charge in [0.05, 0.1) is 11.4 Å². The Morgan fingerprint density at radius 1 is 1.30 bits per heavy atom. The quantitative estimate of drug-likeness (QED) is 0.875. The van der Waals surface area contributed by atoms with Gasteiger partial charge in [0.2, 0.25) is 0 Å². The van der Waals surface area contributed by atoms with Crippen molar-refractivity contribution in [2.45, 2.75) is 46.3 Å². The van der Waals surface area contributed by atoms with Gasteiger partial charge in [0.25, 0.3) is 0 Å². The SMILES string of the molecule is CCc1cc(CN[C@H](C)c2ccccc2F)n(CC)n1. The molecule has 0 saturated heterocycles. The van der Waals surface area contributed by atoms with E-state index in [-0.39, 0.29) is 11.9 Å². The van der Waals surface area contributed by atoms with Gasteiger partial charge in [-0.25, -0.2) is 4.39 Å². The molecule has 1 N–H and O–H groups in total. The lowest BCUT2D eigenvalue weighted by Crippen LogP contribution is -2.21. The third-order valence-corrected chi connectivity index (χ3v) is 3.54. The summed E-state index contributed by atoms with van der Waals surface area (Å²) < 4.78 is 15.7. The van der Waals surface area contributed by atoms with Crippen LogP contribution in [0.1, 0.15) is 43.8 Å². The van der Waals surface area contributed by atoms with Crippen molar-refractivity contribution in [3.63, 3.8) is 0 Å². The number of rotatable bonds is 6. The van der Waals surface area contributed by atoms with Crippen LogP contribution in [0.4, 0.5) is 4.39 Å². The molecule has 0 saturated carbocycles. The number of halogens is 1. The zero-order chi connectivity index (χ0) is 14.5. The monoisotopic (exact) mass is 275 g/mol. The van der Waals surface area contributed by atoms with Crippen molar-refractivity contribution in [2.75, 3.05) is 0 Å². The Kier molecular flexibility index (Phi) is 4.90. The number of nitrogens with one attached hydrogen (secondary N) is 1. The molecule has 1 atom stereocenters. The number of aromatic nitrogens is 2. The minimum absolute atomic E-state index is 0.0264. The lowest BCUT2D eigenvalue weighted by molar-refractivity contribution is 0.506. The van der Waals surface area contributed by atoms with Crippen LogP contribution in [0.5, 0.6) is 0 Å². The van der Waals surface area contributed by atoms with Gasteiger partial charge in [-0.1, -0.05) is 25.1 Å². The predicted molar refractivity (Wildman–Crippen MR) is 78.9 cm³/mol. The van der Waals surface area contributed by atoms with Crippen molar-refractivity contribution in [3.05, 3.63) is 53.1 Å². The van der Waals surface area contributed by atoms with Crippen LogP contribution in [-0.2, 0) is 19.5 Å². The lowest BCUT2D eigenvalue weighted by atomic mass is 10.1. The molecule has 0 unspecified atom stereocenters. The van der Waals surface area contributed by atoms with E-state index < -0.39 is 0 Å². The van der Waals surface area contributed by atoms with E-state index in [9.17, 15) is 4.39 Å². The molecular formula is C16H22FN3. The third kappa shape index (κ3) is 3.25. The summed E-state index contributed by atoms with van der Waals surface area (Å²) in [6, 6.07) is 8.99. The van der Waals surface area contributed by atoms with Crippen LogP contribution in [0.15, 0.2) is 30.3 Å². The van der Waals surface area contributed by atoms with Crippen molar-refractivity contribution in [3.8, 4) is 0 Å². The highest BCUT2D eigenvalue weighted by Crippen LogP contribution is 2.17. The standard InChI is InChI=1S/C16H22FN3/c1-4-13-10-14(20(5-2)19-13)11-18-12(3)15-8-6-7-9-16(15)17/h6-10,12,18H,4-5,11H2,1-3H3/t12-/m1/s1. The van der Waals surface area contributed by atoms with Crippen molar-refractivity contribution in [2.24, 2.45) is 0 Å². The van der Waals surface area contributed by atoms with Gasteiger partial charge in [-0.2, -0.15) is 5.10 Å². The molecule has 20 heavy (non-hydrogen) atoms. The molecule has 0 aliphatic carbocycles. The Bertz CT molecular complexity index is 563. The average Bonchev–Trinajstić information content (AvgIpc) is 2.87. The molecule has 108 valence electrons. The number of nitrogens with zero attached hydrogens (tertiary/aromatic N) is 2. The summed E-state index contributed by atoms with van der Waals surface area (Å²) in [6.07, 6.45) is 0.933. The number of benzene rings is 1. The van der Waals surface area contributed by atoms with E-state index in [1.807, 2.05) is 23.7 Å². The summed E-state index contributed by atoms with van der Waals surface area (Å²) in [5.74, 6) is -0.161. The van der Waals surface area contributed by atoms with Crippen molar-refractivity contribution >= 4 is 0 Å². The predicted octanol–water partition coefficient (Wildman–Crippen LogP) is 3.46. The van der Waals surface area contributed by atoms with Gasteiger partial charge in [-0.05, 0) is 32.4 Å². The molecule has 0 bridgehead atoms. The zero-order valence-corrected chi connectivity index (χ0v) is 12.4. The summed E-state index contributed by atoms with van der Waals surface area (Å²) >= 11 is 0. The van der Waals surface area contributed by atoms with Crippen molar-refractivity contribution in [1.82, 2.24) is 15.1 Å². The van der Waals surface area contributed by atoms with E-state index in [1.165, 1.54) is 6.07 Å². The van der Waals surface area contributed by atoms with Crippen molar-refractivity contribution < 1.29 is 4.39 Å². The largest absolute Gasteiger partial charge is 0.304 e. The topological polar surface area (TPSA) is 29.9 Å². The third-order valence-electron chi connectivity index (χ3n) is 3.54. The van der Waals surface area contributed by atoms with Gasteiger partial charge < -0.3 is 5.32 Å². The molecule has 0 aliphatic heterocycles. The smallest absolute Gasteiger partial charge is 0.127 e. The summed E-state index contributed by atoms with van der Waals surface area (Å²) in [5, 5.41) is 7.89. The minimum Gasteiger partial charge on any atom is -0.304 e. The van der Waals surface area contributed by atoms with Crippen LogP contribution < -0.4 is 5.32 Å². The molecule has 2 rings (SSSR count). The van der Waals surface area contributed by atoms with Gasteiger partial charge in [0.1, 0.15) is 5.82 Å². The van der Waals surface area contributed by atoms with Gasteiger partial charge in [0, 0.05) is 24.7 Å².